The average Bonchev–Trinajstić information content (AvgIpc) is 3.22. The molecule has 0 aliphatic heterocycles. The average molecular weight is 809 g/mol. The Balaban J connectivity index is 1.81. The Morgan fingerprint density at radius 2 is 0.737 bits per heavy atom. The lowest BCUT2D eigenvalue weighted by Crippen LogP contribution is -2.12. The summed E-state index contributed by atoms with van der Waals surface area (Å²) in [5.74, 6) is 11.2. The Morgan fingerprint density at radius 1 is 0.368 bits per heavy atom. The van der Waals surface area contributed by atoms with Crippen LogP contribution < -0.4 is 37.9 Å². The second kappa shape index (κ2) is 31.2. The molecule has 0 amide bonds. The molecule has 2 rings (SSSR count). The summed E-state index contributed by atoms with van der Waals surface area (Å²) < 4.78 is 78.2. The van der Waals surface area contributed by atoms with E-state index in [2.05, 4.69) is 11.8 Å². The number of methoxy groups -OCH3 is 8. The van der Waals surface area contributed by atoms with E-state index in [0.717, 1.165) is 93.7 Å². The first-order chi connectivity index (χ1) is 28.0. The maximum Gasteiger partial charge on any atom is 0.188 e. The number of unbranched alkanes of at least 4 members (excludes halogenated alkanes) is 10. The van der Waals surface area contributed by atoms with Gasteiger partial charge in [0.2, 0.25) is 0 Å². The van der Waals surface area contributed by atoms with Gasteiger partial charge in [-0.2, -0.15) is 0 Å². The minimum atomic E-state index is 0.0607. The molecule has 0 bridgehead atoms. The van der Waals surface area contributed by atoms with Crippen LogP contribution in [0.5, 0.6) is 46.0 Å². The highest BCUT2D eigenvalue weighted by Gasteiger charge is 2.27. The maximum absolute atomic E-state index is 6.04. The van der Waals surface area contributed by atoms with Crippen molar-refractivity contribution in [2.24, 2.45) is 0 Å². The van der Waals surface area contributed by atoms with Crippen molar-refractivity contribution >= 4 is 0 Å². The first-order valence-electron chi connectivity index (χ1n) is 19.6. The molecule has 0 fully saturated rings. The predicted octanol–water partition coefficient (Wildman–Crippen LogP) is 8.38. The van der Waals surface area contributed by atoms with E-state index >= 15 is 0 Å². The lowest BCUT2D eigenvalue weighted by molar-refractivity contribution is 0.0287. The number of ether oxygens (including phenoxy) is 14. The van der Waals surface area contributed by atoms with E-state index in [9.17, 15) is 0 Å². The Morgan fingerprint density at radius 3 is 1.19 bits per heavy atom. The Bertz CT molecular complexity index is 1440. The number of hydrogen-bond donors (Lipinski definition) is 0. The van der Waals surface area contributed by atoms with Crippen molar-refractivity contribution < 1.29 is 66.3 Å². The molecule has 0 N–H and O–H groups in total. The molecule has 14 nitrogen and oxygen atoms in total. The zero-order valence-electron chi connectivity index (χ0n) is 35.9. The summed E-state index contributed by atoms with van der Waals surface area (Å²) in [5.41, 5.74) is 2.44. The van der Waals surface area contributed by atoms with Gasteiger partial charge in [-0.3, -0.25) is 0 Å². The van der Waals surface area contributed by atoms with E-state index in [1.54, 1.807) is 62.9 Å². The molecule has 0 spiro atoms. The third-order valence-electron chi connectivity index (χ3n) is 8.84. The van der Waals surface area contributed by atoms with E-state index < -0.39 is 0 Å². The molecule has 0 radical (unpaired) electrons. The Labute approximate surface area is 340 Å². The maximum atomic E-state index is 6.04. The summed E-state index contributed by atoms with van der Waals surface area (Å²) in [6.45, 7) is 2.29. The van der Waals surface area contributed by atoms with Crippen LogP contribution in [0.2, 0.25) is 0 Å². The summed E-state index contributed by atoms with van der Waals surface area (Å²) in [6, 6.07) is 1.73. The highest BCUT2D eigenvalue weighted by atomic mass is 16.7. The lowest BCUT2D eigenvalue weighted by atomic mass is 9.99. The van der Waals surface area contributed by atoms with Crippen LogP contribution in [-0.4, -0.2) is 97.6 Å². The summed E-state index contributed by atoms with van der Waals surface area (Å²) >= 11 is 0. The van der Waals surface area contributed by atoms with Gasteiger partial charge in [0.05, 0.1) is 14.2 Å². The lowest BCUT2D eigenvalue weighted by Gasteiger charge is -2.24. The van der Waals surface area contributed by atoms with Crippen LogP contribution in [0.25, 0.3) is 0 Å². The van der Waals surface area contributed by atoms with Gasteiger partial charge in [-0.15, -0.1) is 11.8 Å². The number of benzene rings is 2. The summed E-state index contributed by atoms with van der Waals surface area (Å²) in [5, 5.41) is 0. The van der Waals surface area contributed by atoms with Gasteiger partial charge in [-0.1, -0.05) is 38.5 Å². The van der Waals surface area contributed by atoms with E-state index in [4.69, 9.17) is 66.3 Å². The van der Waals surface area contributed by atoms with Crippen molar-refractivity contribution in [1.29, 1.82) is 0 Å². The number of hydrogen-bond acceptors (Lipinski definition) is 14. The van der Waals surface area contributed by atoms with Gasteiger partial charge >= 0.3 is 0 Å². The standard InChI is InChI=1S/C43H68O14/c1-33-38(51-9)42(56-31-48-6)35(43(57-32-49-7)39(33)53-28-45-3)25-23-21-19-17-15-13-11-10-12-14-16-18-20-22-24-34-40(54-29-46-4)36(50-8)26-37(52-27-44-2)41(34)55-30-47-5/h26H,12-25,27-32H2,1-9H3. The SMILES string of the molecule is COCOc1cc(OC)c(OCOC)c(CCCCCCCC#CCCCCCCCc2c(OCOC)c(OC)c(C)c(OCOC)c2OCOC)c1OCOC. The molecule has 324 valence electrons. The van der Waals surface area contributed by atoms with Crippen molar-refractivity contribution in [2.75, 3.05) is 97.6 Å². The molecular weight excluding hydrogens is 740 g/mol. The number of rotatable bonds is 34. The second-order valence-corrected chi connectivity index (χ2v) is 13.0. The fraction of sp³-hybridized carbons (Fsp3) is 0.674. The second-order valence-electron chi connectivity index (χ2n) is 13.0. The normalized spacial score (nSPS) is 10.8. The van der Waals surface area contributed by atoms with Crippen molar-refractivity contribution in [2.45, 2.75) is 96.8 Å². The summed E-state index contributed by atoms with van der Waals surface area (Å²) in [7, 11) is 12.7. The Kier molecular flexibility index (Phi) is 27.0. The van der Waals surface area contributed by atoms with Crippen LogP contribution in [0.1, 0.15) is 93.7 Å². The highest BCUT2D eigenvalue weighted by Crippen LogP contribution is 2.49. The molecule has 0 saturated carbocycles. The molecule has 0 aliphatic carbocycles. The van der Waals surface area contributed by atoms with Gasteiger partial charge < -0.3 is 66.3 Å². The van der Waals surface area contributed by atoms with Crippen LogP contribution >= 0.6 is 0 Å². The van der Waals surface area contributed by atoms with Crippen LogP contribution in [0.4, 0.5) is 0 Å². The fourth-order valence-corrected chi connectivity index (χ4v) is 6.21. The highest BCUT2D eigenvalue weighted by molar-refractivity contribution is 5.66. The largest absolute Gasteiger partial charge is 0.493 e. The van der Waals surface area contributed by atoms with Gasteiger partial charge in [-0.05, 0) is 45.4 Å². The van der Waals surface area contributed by atoms with Crippen molar-refractivity contribution in [3.05, 3.63) is 22.8 Å². The Hall–Kier alpha value is -3.84. The first kappa shape index (κ1) is 49.3. The third-order valence-corrected chi connectivity index (χ3v) is 8.84. The van der Waals surface area contributed by atoms with E-state index in [1.165, 1.54) is 0 Å². The quantitative estimate of drug-likeness (QED) is 0.0381. The van der Waals surface area contributed by atoms with Crippen LogP contribution in [0.15, 0.2) is 6.07 Å². The molecule has 57 heavy (non-hydrogen) atoms. The van der Waals surface area contributed by atoms with Crippen molar-refractivity contribution in [3.8, 4) is 57.8 Å². The molecule has 0 atom stereocenters. The van der Waals surface area contributed by atoms with Crippen LogP contribution in [0.3, 0.4) is 0 Å². The zero-order chi connectivity index (χ0) is 41.5. The molecule has 0 unspecified atom stereocenters. The van der Waals surface area contributed by atoms with E-state index in [-0.39, 0.29) is 40.8 Å². The molecule has 0 aliphatic rings. The molecular formula is C43H68O14. The van der Waals surface area contributed by atoms with Crippen LogP contribution in [-0.2, 0) is 41.3 Å². The van der Waals surface area contributed by atoms with Gasteiger partial charge in [0.15, 0.2) is 86.8 Å². The molecule has 0 heterocycles. The van der Waals surface area contributed by atoms with Gasteiger partial charge in [0.25, 0.3) is 0 Å². The van der Waals surface area contributed by atoms with Gasteiger partial charge in [-0.25, -0.2) is 0 Å². The molecule has 2 aromatic rings. The van der Waals surface area contributed by atoms with Gasteiger partial charge in [0.1, 0.15) is 0 Å². The monoisotopic (exact) mass is 808 g/mol. The minimum absolute atomic E-state index is 0.0607. The minimum Gasteiger partial charge on any atom is -0.493 e. The van der Waals surface area contributed by atoms with Crippen LogP contribution in [0, 0.1) is 18.8 Å². The topological polar surface area (TPSA) is 129 Å². The molecule has 0 aromatic heterocycles. The van der Waals surface area contributed by atoms with E-state index in [0.29, 0.717) is 58.8 Å². The summed E-state index contributed by atoms with van der Waals surface area (Å²) in [6.07, 6.45) is 13.8. The first-order valence-corrected chi connectivity index (χ1v) is 19.6. The molecule has 14 heteroatoms. The molecule has 2 aromatic carbocycles. The third kappa shape index (κ3) is 17.3. The summed E-state index contributed by atoms with van der Waals surface area (Å²) in [4.78, 5) is 0. The van der Waals surface area contributed by atoms with Crippen molar-refractivity contribution in [3.63, 3.8) is 0 Å². The zero-order valence-corrected chi connectivity index (χ0v) is 35.9. The van der Waals surface area contributed by atoms with Gasteiger partial charge in [0, 0.05) is 78.3 Å². The van der Waals surface area contributed by atoms with Crippen molar-refractivity contribution in [1.82, 2.24) is 0 Å². The smallest absolute Gasteiger partial charge is 0.188 e. The van der Waals surface area contributed by atoms with E-state index in [1.807, 2.05) is 6.92 Å². The molecule has 0 saturated heterocycles. The predicted molar refractivity (Wildman–Crippen MR) is 216 cm³/mol. The fourth-order valence-electron chi connectivity index (χ4n) is 6.21.